The predicted octanol–water partition coefficient (Wildman–Crippen LogP) is -2.99. The van der Waals surface area contributed by atoms with Gasteiger partial charge in [-0.25, -0.2) is 0 Å². The van der Waals surface area contributed by atoms with Crippen LogP contribution < -0.4 is 5.32 Å². The Hall–Kier alpha value is -0.420. The Morgan fingerprint density at radius 1 is 0.733 bits per heavy atom. The molecule has 180 valence electrons. The van der Waals surface area contributed by atoms with Gasteiger partial charge in [0.2, 0.25) is 0 Å². The van der Waals surface area contributed by atoms with Crippen molar-refractivity contribution in [2.45, 2.75) is 12.5 Å². The second-order valence-corrected chi connectivity index (χ2v) is 10.6. The molecule has 0 aromatic heterocycles. The van der Waals surface area contributed by atoms with Crippen molar-refractivity contribution in [1.82, 2.24) is 20.0 Å². The largest absolute Gasteiger partial charge is 0.395 e. The molecule has 0 aromatic rings. The van der Waals surface area contributed by atoms with Gasteiger partial charge in [0, 0.05) is 71.5 Å². The third-order valence-electron chi connectivity index (χ3n) is 5.03. The van der Waals surface area contributed by atoms with Crippen LogP contribution in [0.5, 0.6) is 0 Å². The van der Waals surface area contributed by atoms with Crippen molar-refractivity contribution in [2.75, 3.05) is 90.2 Å². The van der Waals surface area contributed by atoms with E-state index < -0.39 is 20.2 Å². The summed E-state index contributed by atoms with van der Waals surface area (Å²) in [5.41, 5.74) is 0. The van der Waals surface area contributed by atoms with Gasteiger partial charge < -0.3 is 15.5 Å². The van der Waals surface area contributed by atoms with Gasteiger partial charge in [0.15, 0.2) is 0 Å². The maximum absolute atomic E-state index is 10.6. The smallest absolute Gasteiger partial charge is 0.266 e. The highest BCUT2D eigenvalue weighted by Gasteiger charge is 2.20. The molecular weight excluding hydrogens is 440 g/mol. The summed E-state index contributed by atoms with van der Waals surface area (Å²) in [4.78, 5) is 6.21. The molecule has 12 nitrogen and oxygen atoms in total. The van der Waals surface area contributed by atoms with Crippen LogP contribution in [0.15, 0.2) is 0 Å². The van der Waals surface area contributed by atoms with Crippen LogP contribution in [0.2, 0.25) is 0 Å². The summed E-state index contributed by atoms with van der Waals surface area (Å²) in [7, 11) is -7.70. The van der Waals surface area contributed by atoms with Gasteiger partial charge in [-0.05, 0) is 6.42 Å². The monoisotopic (exact) mass is 476 g/mol. The third kappa shape index (κ3) is 13.8. The molecule has 0 aliphatic carbocycles. The summed E-state index contributed by atoms with van der Waals surface area (Å²) in [5, 5.41) is 20.7. The molecule has 2 saturated heterocycles. The van der Waals surface area contributed by atoms with Crippen molar-refractivity contribution < 1.29 is 36.2 Å². The van der Waals surface area contributed by atoms with Crippen LogP contribution >= 0.6 is 0 Å². The van der Waals surface area contributed by atoms with E-state index in [4.69, 9.17) is 19.3 Å². The lowest BCUT2D eigenvalue weighted by atomic mass is 10.1. The van der Waals surface area contributed by atoms with Gasteiger partial charge in [-0.1, -0.05) is 0 Å². The van der Waals surface area contributed by atoms with Gasteiger partial charge in [-0.2, -0.15) is 16.8 Å². The quantitative estimate of drug-likeness (QED) is 0.203. The average Bonchev–Trinajstić information content (AvgIpc) is 2.66. The molecule has 0 saturated carbocycles. The van der Waals surface area contributed by atoms with Crippen LogP contribution in [0.1, 0.15) is 6.42 Å². The number of β-amino-alcohol motifs (C(OH)–C–C–N with tert-alkyl or cyclic N) is 2. The predicted molar refractivity (Wildman–Crippen MR) is 113 cm³/mol. The van der Waals surface area contributed by atoms with Crippen LogP contribution in [-0.4, -0.2) is 147 Å². The van der Waals surface area contributed by atoms with Gasteiger partial charge in [0.1, 0.15) is 0 Å². The first kappa shape index (κ1) is 27.6. The first-order chi connectivity index (χ1) is 14.0. The summed E-state index contributed by atoms with van der Waals surface area (Å²) in [5.74, 6) is -0.412. The normalized spacial score (nSPS) is 22.5. The highest BCUT2D eigenvalue weighted by atomic mass is 32.2. The minimum absolute atomic E-state index is 0.0761. The zero-order valence-corrected chi connectivity index (χ0v) is 18.9. The first-order valence-corrected chi connectivity index (χ1v) is 13.3. The number of aliphatic hydroxyl groups is 2. The van der Waals surface area contributed by atoms with E-state index in [9.17, 15) is 16.8 Å². The maximum atomic E-state index is 10.6. The summed E-state index contributed by atoms with van der Waals surface area (Å²) in [6.07, 6.45) is 0.404. The molecule has 2 aliphatic heterocycles. The van der Waals surface area contributed by atoms with E-state index in [2.05, 4.69) is 15.1 Å². The molecule has 30 heavy (non-hydrogen) atoms. The third-order valence-corrected chi connectivity index (χ3v) is 6.48. The Bertz CT molecular complexity index is 667. The van der Waals surface area contributed by atoms with Crippen molar-refractivity contribution >= 4 is 20.2 Å². The molecular formula is C16H36N4O8S2. The average molecular weight is 477 g/mol. The number of nitrogens with zero attached hydrogens (tertiary/aromatic N) is 3. The van der Waals surface area contributed by atoms with E-state index in [1.807, 2.05) is 4.90 Å². The number of aliphatic hydroxyl groups excluding tert-OH is 2. The zero-order valence-electron chi connectivity index (χ0n) is 17.3. The van der Waals surface area contributed by atoms with Gasteiger partial charge in [0.05, 0.1) is 24.7 Å². The zero-order chi connectivity index (χ0) is 22.6. The summed E-state index contributed by atoms with van der Waals surface area (Å²) >= 11 is 0. The van der Waals surface area contributed by atoms with E-state index >= 15 is 0 Å². The van der Waals surface area contributed by atoms with Crippen LogP contribution in [0.25, 0.3) is 0 Å². The highest BCUT2D eigenvalue weighted by molar-refractivity contribution is 7.86. The standard InChI is InChI=1S/2C8H18N2O4S/c11-5-4-10-3-2-9-8(7-10)1-6-15(12,13)14;11-7-5-9-1-3-10(4-2-9)6-8-15(12,13)14/h8-9,11H,1-7H2,(H,12,13,14);11H,1-8H2,(H,12,13,14). The Balaban J connectivity index is 0.000000300. The minimum atomic E-state index is -3.86. The van der Waals surface area contributed by atoms with Crippen LogP contribution in [0.4, 0.5) is 0 Å². The van der Waals surface area contributed by atoms with Crippen molar-refractivity contribution in [3.05, 3.63) is 0 Å². The number of rotatable bonds is 10. The molecule has 2 aliphatic rings. The Kier molecular flexibility index (Phi) is 12.8. The van der Waals surface area contributed by atoms with Gasteiger partial charge in [0.25, 0.3) is 20.2 Å². The Morgan fingerprint density at radius 2 is 1.23 bits per heavy atom. The van der Waals surface area contributed by atoms with E-state index in [0.717, 1.165) is 45.8 Å². The fourth-order valence-corrected chi connectivity index (χ4v) is 4.42. The van der Waals surface area contributed by atoms with Gasteiger partial charge in [-0.3, -0.25) is 23.8 Å². The second-order valence-electron chi connectivity index (χ2n) is 7.44. The van der Waals surface area contributed by atoms with Gasteiger partial charge in [-0.15, -0.1) is 0 Å². The maximum Gasteiger partial charge on any atom is 0.266 e. The molecule has 2 fully saturated rings. The number of hydrogen-bond donors (Lipinski definition) is 5. The first-order valence-electron chi connectivity index (χ1n) is 10.0. The van der Waals surface area contributed by atoms with Crippen molar-refractivity contribution in [3.63, 3.8) is 0 Å². The van der Waals surface area contributed by atoms with E-state index in [-0.39, 0.29) is 30.8 Å². The molecule has 5 N–H and O–H groups in total. The fourth-order valence-electron chi connectivity index (χ4n) is 3.35. The Labute approximate surface area is 179 Å². The SMILES string of the molecule is O=S(=O)(O)CCC1CN(CCO)CCN1.O=S(=O)(O)CCN1CCN(CCO)CC1. The van der Waals surface area contributed by atoms with Crippen LogP contribution in [0, 0.1) is 0 Å². The molecule has 0 bridgehead atoms. The molecule has 1 unspecified atom stereocenters. The second kappa shape index (κ2) is 13.9. The van der Waals surface area contributed by atoms with Gasteiger partial charge >= 0.3 is 0 Å². The molecule has 14 heteroatoms. The number of hydrogen-bond acceptors (Lipinski definition) is 10. The lowest BCUT2D eigenvalue weighted by Crippen LogP contribution is -2.51. The lowest BCUT2D eigenvalue weighted by Gasteiger charge is -2.33. The molecule has 0 amide bonds. The summed E-state index contributed by atoms with van der Waals surface area (Å²) in [6, 6.07) is 0.0761. The lowest BCUT2D eigenvalue weighted by molar-refractivity contribution is 0.116. The molecule has 0 spiro atoms. The van der Waals surface area contributed by atoms with Crippen molar-refractivity contribution in [3.8, 4) is 0 Å². The number of piperazine rings is 2. The molecule has 0 aromatic carbocycles. The molecule has 0 radical (unpaired) electrons. The van der Waals surface area contributed by atoms with Crippen molar-refractivity contribution in [2.24, 2.45) is 0 Å². The van der Waals surface area contributed by atoms with E-state index in [0.29, 0.717) is 26.1 Å². The highest BCUT2D eigenvalue weighted by Crippen LogP contribution is 2.04. The minimum Gasteiger partial charge on any atom is -0.395 e. The van der Waals surface area contributed by atoms with E-state index in [1.54, 1.807) is 0 Å². The summed E-state index contributed by atoms with van der Waals surface area (Å²) < 4.78 is 59.4. The molecule has 1 atom stereocenters. The van der Waals surface area contributed by atoms with Crippen LogP contribution in [-0.2, 0) is 20.2 Å². The van der Waals surface area contributed by atoms with E-state index in [1.165, 1.54) is 0 Å². The Morgan fingerprint density at radius 3 is 1.73 bits per heavy atom. The fraction of sp³-hybridized carbons (Fsp3) is 1.00. The topological polar surface area (TPSA) is 171 Å². The van der Waals surface area contributed by atoms with Crippen LogP contribution in [0.3, 0.4) is 0 Å². The summed E-state index contributed by atoms with van der Waals surface area (Å²) in [6.45, 7) is 7.57. The number of nitrogens with one attached hydrogen (secondary N) is 1. The molecule has 2 rings (SSSR count). The molecule has 2 heterocycles. The van der Waals surface area contributed by atoms with Crippen molar-refractivity contribution in [1.29, 1.82) is 0 Å².